The summed E-state index contributed by atoms with van der Waals surface area (Å²) in [4.78, 5) is 26.2. The van der Waals surface area contributed by atoms with Gasteiger partial charge in [-0.05, 0) is 37.5 Å². The minimum atomic E-state index is -0.499. The number of ketones is 1. The van der Waals surface area contributed by atoms with Crippen molar-refractivity contribution < 1.29 is 19.4 Å². The molecule has 2 amide bonds. The van der Waals surface area contributed by atoms with Crippen molar-refractivity contribution in [2.24, 2.45) is 0 Å². The summed E-state index contributed by atoms with van der Waals surface area (Å²) >= 11 is 0. The number of carbonyl (C=O) groups is 2. The minimum absolute atomic E-state index is 0.0408. The van der Waals surface area contributed by atoms with Crippen LogP contribution >= 0.6 is 0 Å². The molecule has 1 atom stereocenters. The van der Waals surface area contributed by atoms with Gasteiger partial charge < -0.3 is 20.1 Å². The van der Waals surface area contributed by atoms with Crippen LogP contribution in [0.15, 0.2) is 29.5 Å². The average Bonchev–Trinajstić information content (AvgIpc) is 2.53. The number of aromatic hydroxyl groups is 1. The van der Waals surface area contributed by atoms with Crippen LogP contribution in [0.1, 0.15) is 37.8 Å². The van der Waals surface area contributed by atoms with Crippen LogP contribution in [-0.2, 0) is 4.79 Å². The molecule has 1 aromatic rings. The molecule has 0 saturated carbocycles. The molecule has 0 aromatic heterocycles. The van der Waals surface area contributed by atoms with Crippen LogP contribution in [0.5, 0.6) is 11.5 Å². The molecule has 122 valence electrons. The second-order valence-corrected chi connectivity index (χ2v) is 5.74. The number of hydrogen-bond donors (Lipinski definition) is 2. The topological polar surface area (TPSA) is 78.9 Å². The zero-order valence-corrected chi connectivity index (χ0v) is 13.3. The third-order valence-electron chi connectivity index (χ3n) is 4.31. The van der Waals surface area contributed by atoms with Gasteiger partial charge in [0.25, 0.3) is 0 Å². The van der Waals surface area contributed by atoms with Crippen molar-refractivity contribution in [3.05, 3.63) is 35.0 Å². The van der Waals surface area contributed by atoms with Gasteiger partial charge in [-0.25, -0.2) is 4.79 Å². The summed E-state index contributed by atoms with van der Waals surface area (Å²) in [6.07, 6.45) is 1.98. The van der Waals surface area contributed by atoms with Crippen LogP contribution in [0.4, 0.5) is 4.79 Å². The number of nitrogens with zero attached hydrogens (tertiary/aromatic N) is 1. The van der Waals surface area contributed by atoms with E-state index in [2.05, 4.69) is 5.32 Å². The van der Waals surface area contributed by atoms with Gasteiger partial charge in [0.15, 0.2) is 17.3 Å². The van der Waals surface area contributed by atoms with Crippen LogP contribution in [0.2, 0.25) is 0 Å². The fourth-order valence-corrected chi connectivity index (χ4v) is 3.17. The fraction of sp³-hybridized carbons (Fsp3) is 0.412. The highest BCUT2D eigenvalue weighted by Crippen LogP contribution is 2.38. The predicted molar refractivity (Wildman–Crippen MR) is 84.2 cm³/mol. The van der Waals surface area contributed by atoms with Gasteiger partial charge >= 0.3 is 6.03 Å². The molecule has 1 aliphatic carbocycles. The third-order valence-corrected chi connectivity index (χ3v) is 4.31. The maximum atomic E-state index is 12.4. The van der Waals surface area contributed by atoms with Gasteiger partial charge in [-0.3, -0.25) is 4.79 Å². The number of Topliss-reactive ketones (excluding diaryl/α,β-unsaturated/α-hetero) is 1. The monoisotopic (exact) mass is 316 g/mol. The molecule has 0 unspecified atom stereocenters. The van der Waals surface area contributed by atoms with E-state index in [1.54, 1.807) is 19.2 Å². The zero-order valence-electron chi connectivity index (χ0n) is 13.3. The van der Waals surface area contributed by atoms with E-state index >= 15 is 0 Å². The normalized spacial score (nSPS) is 21.1. The van der Waals surface area contributed by atoms with Crippen molar-refractivity contribution in [3.8, 4) is 11.5 Å². The van der Waals surface area contributed by atoms with Crippen LogP contribution in [0.25, 0.3) is 0 Å². The maximum absolute atomic E-state index is 12.4. The molecule has 1 heterocycles. The molecule has 2 aliphatic rings. The van der Waals surface area contributed by atoms with Gasteiger partial charge in [-0.15, -0.1) is 0 Å². The Morgan fingerprint density at radius 1 is 1.35 bits per heavy atom. The number of rotatable bonds is 3. The van der Waals surface area contributed by atoms with Crippen molar-refractivity contribution in [2.75, 3.05) is 13.7 Å². The highest BCUT2D eigenvalue weighted by atomic mass is 16.5. The third kappa shape index (κ3) is 2.65. The fourth-order valence-electron chi connectivity index (χ4n) is 3.17. The second kappa shape index (κ2) is 5.95. The molecule has 1 aliphatic heterocycles. The number of carbonyl (C=O) groups excluding carboxylic acids is 2. The summed E-state index contributed by atoms with van der Waals surface area (Å²) in [5, 5.41) is 12.7. The number of benzene rings is 1. The summed E-state index contributed by atoms with van der Waals surface area (Å²) in [5.41, 5.74) is 2.17. The van der Waals surface area contributed by atoms with Crippen molar-refractivity contribution in [1.29, 1.82) is 0 Å². The van der Waals surface area contributed by atoms with Gasteiger partial charge in [0.2, 0.25) is 0 Å². The van der Waals surface area contributed by atoms with Crippen LogP contribution in [0, 0.1) is 0 Å². The largest absolute Gasteiger partial charge is 0.504 e. The molecular formula is C17H20N2O4. The number of amides is 2. The first-order valence-electron chi connectivity index (χ1n) is 7.79. The first-order valence-corrected chi connectivity index (χ1v) is 7.79. The van der Waals surface area contributed by atoms with Gasteiger partial charge in [0.1, 0.15) is 0 Å². The summed E-state index contributed by atoms with van der Waals surface area (Å²) < 4.78 is 5.40. The molecule has 1 aromatic carbocycles. The van der Waals surface area contributed by atoms with E-state index in [0.29, 0.717) is 24.4 Å². The van der Waals surface area contributed by atoms with E-state index in [9.17, 15) is 14.7 Å². The Balaban J connectivity index is 2.07. The van der Waals surface area contributed by atoms with Crippen molar-refractivity contribution in [2.45, 2.75) is 32.2 Å². The van der Waals surface area contributed by atoms with E-state index in [0.717, 1.165) is 24.1 Å². The number of nitrogens with one attached hydrogen (secondary N) is 1. The molecule has 2 N–H and O–H groups in total. The quantitative estimate of drug-likeness (QED) is 0.898. The smallest absolute Gasteiger partial charge is 0.322 e. The molecule has 0 saturated heterocycles. The Morgan fingerprint density at radius 2 is 2.13 bits per heavy atom. The minimum Gasteiger partial charge on any atom is -0.504 e. The van der Waals surface area contributed by atoms with Crippen molar-refractivity contribution in [1.82, 2.24) is 10.2 Å². The van der Waals surface area contributed by atoms with Crippen LogP contribution in [-0.4, -0.2) is 35.5 Å². The lowest BCUT2D eigenvalue weighted by atomic mass is 9.85. The second-order valence-electron chi connectivity index (χ2n) is 5.74. The molecule has 0 fully saturated rings. The van der Waals surface area contributed by atoms with E-state index in [1.165, 1.54) is 11.0 Å². The summed E-state index contributed by atoms with van der Waals surface area (Å²) in [6, 6.07) is 4.19. The average molecular weight is 316 g/mol. The van der Waals surface area contributed by atoms with Crippen LogP contribution in [0.3, 0.4) is 0 Å². The summed E-state index contributed by atoms with van der Waals surface area (Å²) in [7, 11) is 1.68. The molecule has 0 spiro atoms. The lowest BCUT2D eigenvalue weighted by Crippen LogP contribution is -2.47. The van der Waals surface area contributed by atoms with Gasteiger partial charge in [-0.1, -0.05) is 6.07 Å². The van der Waals surface area contributed by atoms with Crippen LogP contribution < -0.4 is 10.1 Å². The SMILES string of the molecule is CCOc1cc([C@@H]2NC(=O)N(C)C3=C2C(=O)CCC3)ccc1O. The molecule has 0 bridgehead atoms. The summed E-state index contributed by atoms with van der Waals surface area (Å²) in [5.74, 6) is 0.455. The number of urea groups is 1. The van der Waals surface area contributed by atoms with Crippen molar-refractivity contribution in [3.63, 3.8) is 0 Å². The molecule has 23 heavy (non-hydrogen) atoms. The Labute approximate surface area is 134 Å². The predicted octanol–water partition coefficient (Wildman–Crippen LogP) is 2.49. The standard InChI is InChI=1S/C17H20N2O4/c1-3-23-14-9-10(7-8-12(14)20)16-15-11(5-4-6-13(15)21)19(2)17(22)18-16/h7-9,16,20H,3-6H2,1-2H3,(H,18,22)/t16-/m0/s1. The first-order chi connectivity index (χ1) is 11.0. The van der Waals surface area contributed by atoms with Crippen molar-refractivity contribution >= 4 is 11.8 Å². The zero-order chi connectivity index (χ0) is 16.6. The molecular weight excluding hydrogens is 296 g/mol. The molecule has 6 nitrogen and oxygen atoms in total. The lowest BCUT2D eigenvalue weighted by Gasteiger charge is -2.37. The van der Waals surface area contributed by atoms with E-state index < -0.39 is 6.04 Å². The van der Waals surface area contributed by atoms with E-state index in [1.807, 2.05) is 6.92 Å². The van der Waals surface area contributed by atoms with Gasteiger partial charge in [0.05, 0.1) is 12.6 Å². The Bertz CT molecular complexity index is 696. The summed E-state index contributed by atoms with van der Waals surface area (Å²) in [6.45, 7) is 2.25. The maximum Gasteiger partial charge on any atom is 0.322 e. The first kappa shape index (κ1) is 15.4. The Morgan fingerprint density at radius 3 is 2.87 bits per heavy atom. The lowest BCUT2D eigenvalue weighted by molar-refractivity contribution is -0.116. The Hall–Kier alpha value is -2.50. The highest BCUT2D eigenvalue weighted by Gasteiger charge is 2.37. The Kier molecular flexibility index (Phi) is 3.98. The highest BCUT2D eigenvalue weighted by molar-refractivity contribution is 6.00. The molecule has 0 radical (unpaired) electrons. The molecule has 6 heteroatoms. The van der Waals surface area contributed by atoms with E-state index in [4.69, 9.17) is 4.74 Å². The van der Waals surface area contributed by atoms with Gasteiger partial charge in [0, 0.05) is 24.7 Å². The number of ether oxygens (including phenoxy) is 1. The molecule has 3 rings (SSSR count). The number of phenols is 1. The number of hydrogen-bond acceptors (Lipinski definition) is 4. The number of allylic oxidation sites excluding steroid dienone is 1. The van der Waals surface area contributed by atoms with Gasteiger partial charge in [-0.2, -0.15) is 0 Å². The van der Waals surface area contributed by atoms with E-state index in [-0.39, 0.29) is 17.6 Å². The number of phenolic OH excluding ortho intramolecular Hbond substituents is 1.